The summed E-state index contributed by atoms with van der Waals surface area (Å²) in [4.78, 5) is 11.1. The number of ether oxygens (including phenoxy) is 1. The lowest BCUT2D eigenvalue weighted by Crippen LogP contribution is -2.31. The average molecular weight is 236 g/mol. The first-order valence-corrected chi connectivity index (χ1v) is 5.88. The van der Waals surface area contributed by atoms with Crippen LogP contribution in [0.1, 0.15) is 18.9 Å². The van der Waals surface area contributed by atoms with Crippen molar-refractivity contribution in [2.24, 2.45) is 17.4 Å². The second-order valence-electron chi connectivity index (χ2n) is 4.03. The molecule has 0 aliphatic rings. The second kappa shape index (κ2) is 6.91. The van der Waals surface area contributed by atoms with Gasteiger partial charge in [0, 0.05) is 6.54 Å². The summed E-state index contributed by atoms with van der Waals surface area (Å²) in [7, 11) is 0. The maximum Gasteiger partial charge on any atom is 0.222 e. The molecule has 4 heteroatoms. The molecule has 0 radical (unpaired) electrons. The summed E-state index contributed by atoms with van der Waals surface area (Å²) in [6, 6.07) is 7.70. The Morgan fingerprint density at radius 2 is 2.24 bits per heavy atom. The van der Waals surface area contributed by atoms with Crippen molar-refractivity contribution in [3.05, 3.63) is 29.8 Å². The number of carbonyl (C=O) groups is 1. The Bertz CT molecular complexity index is 366. The van der Waals surface area contributed by atoms with Crippen LogP contribution >= 0.6 is 0 Å². The van der Waals surface area contributed by atoms with E-state index < -0.39 is 0 Å². The van der Waals surface area contributed by atoms with E-state index in [1.54, 1.807) is 0 Å². The average Bonchev–Trinajstić information content (AvgIpc) is 2.33. The lowest BCUT2D eigenvalue weighted by Gasteiger charge is -2.12. The predicted octanol–water partition coefficient (Wildman–Crippen LogP) is 1.08. The van der Waals surface area contributed by atoms with Crippen molar-refractivity contribution in [3.8, 4) is 5.75 Å². The van der Waals surface area contributed by atoms with Gasteiger partial charge in [-0.3, -0.25) is 4.79 Å². The molecule has 0 saturated carbocycles. The monoisotopic (exact) mass is 236 g/mol. The highest BCUT2D eigenvalue weighted by atomic mass is 16.5. The highest BCUT2D eigenvalue weighted by molar-refractivity contribution is 5.77. The fraction of sp³-hybridized carbons (Fsp3) is 0.462. The molecule has 0 spiro atoms. The number of nitrogens with two attached hydrogens (primary N) is 2. The Morgan fingerprint density at radius 3 is 2.82 bits per heavy atom. The van der Waals surface area contributed by atoms with Gasteiger partial charge in [-0.1, -0.05) is 19.1 Å². The van der Waals surface area contributed by atoms with Gasteiger partial charge >= 0.3 is 0 Å². The lowest BCUT2D eigenvalue weighted by molar-refractivity contribution is -0.121. The third-order valence-electron chi connectivity index (χ3n) is 2.54. The molecule has 1 atom stereocenters. The summed E-state index contributed by atoms with van der Waals surface area (Å²) in [5.41, 5.74) is 11.8. The smallest absolute Gasteiger partial charge is 0.222 e. The Labute approximate surface area is 102 Å². The van der Waals surface area contributed by atoms with E-state index in [0.29, 0.717) is 13.0 Å². The van der Waals surface area contributed by atoms with Gasteiger partial charge in [0.25, 0.3) is 0 Å². The highest BCUT2D eigenvalue weighted by Gasteiger charge is 2.14. The maximum absolute atomic E-state index is 11.1. The van der Waals surface area contributed by atoms with Crippen LogP contribution in [0.3, 0.4) is 0 Å². The minimum absolute atomic E-state index is 0.273. The molecule has 1 rings (SSSR count). The number of hydrogen-bond donors (Lipinski definition) is 2. The molecule has 0 aliphatic carbocycles. The largest absolute Gasteiger partial charge is 0.494 e. The van der Waals surface area contributed by atoms with E-state index in [9.17, 15) is 4.79 Å². The minimum atomic E-state index is -0.354. The number of rotatable bonds is 7. The molecule has 1 unspecified atom stereocenters. The summed E-state index contributed by atoms with van der Waals surface area (Å²) in [5, 5.41) is 0. The standard InChI is InChI=1S/C13H20N2O2/c1-2-6-17-12-5-3-4-10(8-12)7-11(9-14)13(15)16/h3-5,8,11H,2,6-7,9,14H2,1H3,(H2,15,16). The molecule has 1 aromatic rings. The molecule has 94 valence electrons. The molecular weight excluding hydrogens is 216 g/mol. The lowest BCUT2D eigenvalue weighted by atomic mass is 9.99. The topological polar surface area (TPSA) is 78.3 Å². The molecule has 0 bridgehead atoms. The summed E-state index contributed by atoms with van der Waals surface area (Å²) < 4.78 is 5.52. The molecule has 0 fully saturated rings. The maximum atomic E-state index is 11.1. The van der Waals surface area contributed by atoms with Crippen molar-refractivity contribution < 1.29 is 9.53 Å². The van der Waals surface area contributed by atoms with E-state index in [4.69, 9.17) is 16.2 Å². The Kier molecular flexibility index (Phi) is 5.49. The van der Waals surface area contributed by atoms with Crippen LogP contribution < -0.4 is 16.2 Å². The first-order valence-electron chi connectivity index (χ1n) is 5.88. The van der Waals surface area contributed by atoms with Crippen LogP contribution in [0.4, 0.5) is 0 Å². The van der Waals surface area contributed by atoms with E-state index in [0.717, 1.165) is 17.7 Å². The van der Waals surface area contributed by atoms with Gasteiger partial charge in [0.1, 0.15) is 5.75 Å². The Morgan fingerprint density at radius 1 is 1.47 bits per heavy atom. The zero-order chi connectivity index (χ0) is 12.7. The van der Waals surface area contributed by atoms with Gasteiger partial charge < -0.3 is 16.2 Å². The van der Waals surface area contributed by atoms with E-state index in [-0.39, 0.29) is 18.4 Å². The van der Waals surface area contributed by atoms with E-state index >= 15 is 0 Å². The quantitative estimate of drug-likeness (QED) is 0.743. The SMILES string of the molecule is CCCOc1cccc(CC(CN)C(N)=O)c1. The fourth-order valence-corrected chi connectivity index (χ4v) is 1.57. The van der Waals surface area contributed by atoms with Gasteiger partial charge in [0.2, 0.25) is 5.91 Å². The van der Waals surface area contributed by atoms with Gasteiger partial charge in [-0.25, -0.2) is 0 Å². The van der Waals surface area contributed by atoms with Crippen LogP contribution in [-0.4, -0.2) is 19.1 Å². The third kappa shape index (κ3) is 4.44. The van der Waals surface area contributed by atoms with Crippen molar-refractivity contribution in [2.75, 3.05) is 13.2 Å². The van der Waals surface area contributed by atoms with Crippen LogP contribution in [0.15, 0.2) is 24.3 Å². The van der Waals surface area contributed by atoms with Crippen LogP contribution in [-0.2, 0) is 11.2 Å². The van der Waals surface area contributed by atoms with Gasteiger partial charge in [-0.05, 0) is 30.5 Å². The van der Waals surface area contributed by atoms with Gasteiger partial charge in [-0.2, -0.15) is 0 Å². The van der Waals surface area contributed by atoms with Crippen molar-refractivity contribution in [2.45, 2.75) is 19.8 Å². The molecule has 4 N–H and O–H groups in total. The van der Waals surface area contributed by atoms with E-state index in [1.165, 1.54) is 0 Å². The summed E-state index contributed by atoms with van der Waals surface area (Å²) >= 11 is 0. The van der Waals surface area contributed by atoms with Crippen molar-refractivity contribution in [3.63, 3.8) is 0 Å². The Balaban J connectivity index is 2.67. The minimum Gasteiger partial charge on any atom is -0.494 e. The molecule has 0 aliphatic heterocycles. The molecule has 1 amide bonds. The third-order valence-corrected chi connectivity index (χ3v) is 2.54. The Hall–Kier alpha value is -1.55. The molecule has 17 heavy (non-hydrogen) atoms. The van der Waals surface area contributed by atoms with Crippen LogP contribution in [0.5, 0.6) is 5.75 Å². The predicted molar refractivity (Wildman–Crippen MR) is 67.7 cm³/mol. The number of hydrogen-bond acceptors (Lipinski definition) is 3. The van der Waals surface area contributed by atoms with E-state index in [1.807, 2.05) is 24.3 Å². The first-order chi connectivity index (χ1) is 8.17. The molecule has 0 saturated heterocycles. The van der Waals surface area contributed by atoms with Crippen LogP contribution in [0.25, 0.3) is 0 Å². The number of benzene rings is 1. The molecular formula is C13H20N2O2. The summed E-state index contributed by atoms with van der Waals surface area (Å²) in [6.45, 7) is 3.02. The molecule has 1 aromatic carbocycles. The normalized spacial score (nSPS) is 12.1. The first kappa shape index (κ1) is 13.5. The van der Waals surface area contributed by atoms with Gasteiger partial charge in [-0.15, -0.1) is 0 Å². The number of primary amides is 1. The second-order valence-corrected chi connectivity index (χ2v) is 4.03. The summed E-state index contributed by atoms with van der Waals surface area (Å²) in [6.07, 6.45) is 1.53. The molecule has 0 heterocycles. The fourth-order valence-electron chi connectivity index (χ4n) is 1.57. The van der Waals surface area contributed by atoms with Crippen molar-refractivity contribution >= 4 is 5.91 Å². The number of carbonyl (C=O) groups excluding carboxylic acids is 1. The summed E-state index contributed by atoms with van der Waals surface area (Å²) in [5.74, 6) is 0.161. The van der Waals surface area contributed by atoms with Crippen LogP contribution in [0, 0.1) is 5.92 Å². The van der Waals surface area contributed by atoms with E-state index in [2.05, 4.69) is 6.92 Å². The van der Waals surface area contributed by atoms with Crippen molar-refractivity contribution in [1.82, 2.24) is 0 Å². The van der Waals surface area contributed by atoms with Crippen LogP contribution in [0.2, 0.25) is 0 Å². The zero-order valence-corrected chi connectivity index (χ0v) is 10.2. The van der Waals surface area contributed by atoms with Gasteiger partial charge in [0.05, 0.1) is 12.5 Å². The molecule has 0 aromatic heterocycles. The molecule has 4 nitrogen and oxygen atoms in total. The van der Waals surface area contributed by atoms with Gasteiger partial charge in [0.15, 0.2) is 0 Å². The van der Waals surface area contributed by atoms with Crippen molar-refractivity contribution in [1.29, 1.82) is 0 Å². The number of amides is 1. The highest BCUT2D eigenvalue weighted by Crippen LogP contribution is 2.16. The zero-order valence-electron chi connectivity index (χ0n) is 10.2.